The maximum absolute atomic E-state index is 11.8. The minimum absolute atomic E-state index is 0.209. The summed E-state index contributed by atoms with van der Waals surface area (Å²) in [6, 6.07) is 11.3. The van der Waals surface area contributed by atoms with E-state index in [1.807, 2.05) is 30.3 Å². The highest BCUT2D eigenvalue weighted by molar-refractivity contribution is 5.98. The third kappa shape index (κ3) is 2.81. The van der Waals surface area contributed by atoms with Crippen molar-refractivity contribution in [3.63, 3.8) is 0 Å². The number of benzene rings is 1. The number of anilines is 1. The first-order valence-electron chi connectivity index (χ1n) is 5.29. The largest absolute Gasteiger partial charge is 0.398 e. The van der Waals surface area contributed by atoms with Gasteiger partial charge in [0, 0.05) is 24.6 Å². The minimum atomic E-state index is -0.209. The van der Waals surface area contributed by atoms with Crippen LogP contribution in [0.15, 0.2) is 48.8 Å². The third-order valence-corrected chi connectivity index (χ3v) is 2.40. The first-order valence-corrected chi connectivity index (χ1v) is 5.29. The van der Waals surface area contributed by atoms with Crippen LogP contribution in [0.3, 0.4) is 0 Å². The molecule has 0 aliphatic heterocycles. The number of amides is 1. The van der Waals surface area contributed by atoms with Crippen LogP contribution in [0.1, 0.15) is 15.9 Å². The average molecular weight is 227 g/mol. The molecular formula is C13H13N3O. The van der Waals surface area contributed by atoms with E-state index in [4.69, 9.17) is 5.73 Å². The van der Waals surface area contributed by atoms with E-state index in [1.165, 1.54) is 6.20 Å². The molecule has 0 bridgehead atoms. The fourth-order valence-electron chi connectivity index (χ4n) is 1.47. The zero-order chi connectivity index (χ0) is 12.1. The van der Waals surface area contributed by atoms with Gasteiger partial charge in [-0.15, -0.1) is 0 Å². The Bertz CT molecular complexity index is 511. The van der Waals surface area contributed by atoms with Gasteiger partial charge in [-0.25, -0.2) is 0 Å². The molecule has 0 aliphatic carbocycles. The average Bonchev–Trinajstić information content (AvgIpc) is 2.38. The smallest absolute Gasteiger partial charge is 0.255 e. The van der Waals surface area contributed by atoms with E-state index in [-0.39, 0.29) is 5.91 Å². The second-order valence-corrected chi connectivity index (χ2v) is 3.63. The standard InChI is InChI=1S/C13H13N3O/c14-12-6-7-15-9-11(12)13(17)16-8-10-4-2-1-3-5-10/h1-7,9H,8H2,(H2,14,15)(H,16,17). The first kappa shape index (κ1) is 11.1. The molecule has 17 heavy (non-hydrogen) atoms. The minimum Gasteiger partial charge on any atom is -0.398 e. The first-order chi connectivity index (χ1) is 8.27. The summed E-state index contributed by atoms with van der Waals surface area (Å²) in [6.07, 6.45) is 3.03. The Balaban J connectivity index is 2.01. The van der Waals surface area contributed by atoms with Crippen LogP contribution in [0.4, 0.5) is 5.69 Å². The molecule has 0 radical (unpaired) electrons. The number of nitrogens with zero attached hydrogens (tertiary/aromatic N) is 1. The number of hydrogen-bond donors (Lipinski definition) is 2. The molecular weight excluding hydrogens is 214 g/mol. The Kier molecular flexibility index (Phi) is 3.35. The predicted octanol–water partition coefficient (Wildman–Crippen LogP) is 1.59. The van der Waals surface area contributed by atoms with Crippen LogP contribution < -0.4 is 11.1 Å². The summed E-state index contributed by atoms with van der Waals surface area (Å²) in [6.45, 7) is 0.480. The van der Waals surface area contributed by atoms with Crippen LogP contribution in [0.25, 0.3) is 0 Å². The Morgan fingerprint density at radius 2 is 2.00 bits per heavy atom. The molecule has 1 aromatic heterocycles. The summed E-state index contributed by atoms with van der Waals surface area (Å²) in [5.74, 6) is -0.209. The number of pyridine rings is 1. The lowest BCUT2D eigenvalue weighted by Gasteiger charge is -2.06. The van der Waals surface area contributed by atoms with Crippen LogP contribution in [-0.4, -0.2) is 10.9 Å². The maximum Gasteiger partial charge on any atom is 0.255 e. The molecule has 2 rings (SSSR count). The van der Waals surface area contributed by atoms with Gasteiger partial charge in [-0.3, -0.25) is 9.78 Å². The number of carbonyl (C=O) groups excluding carboxylic acids is 1. The van der Waals surface area contributed by atoms with Gasteiger partial charge in [0.25, 0.3) is 5.91 Å². The molecule has 0 saturated carbocycles. The van der Waals surface area contributed by atoms with E-state index < -0.39 is 0 Å². The number of nitrogens with one attached hydrogen (secondary N) is 1. The Hall–Kier alpha value is -2.36. The van der Waals surface area contributed by atoms with E-state index in [0.29, 0.717) is 17.8 Å². The number of hydrogen-bond acceptors (Lipinski definition) is 3. The molecule has 4 nitrogen and oxygen atoms in total. The molecule has 0 fully saturated rings. The van der Waals surface area contributed by atoms with Crippen LogP contribution in [0.5, 0.6) is 0 Å². The van der Waals surface area contributed by atoms with Crippen molar-refractivity contribution in [3.8, 4) is 0 Å². The van der Waals surface area contributed by atoms with Crippen molar-refractivity contribution in [2.45, 2.75) is 6.54 Å². The second-order valence-electron chi connectivity index (χ2n) is 3.63. The van der Waals surface area contributed by atoms with Gasteiger partial charge < -0.3 is 11.1 Å². The van der Waals surface area contributed by atoms with E-state index in [9.17, 15) is 4.79 Å². The quantitative estimate of drug-likeness (QED) is 0.836. The topological polar surface area (TPSA) is 68.0 Å². The number of carbonyl (C=O) groups is 1. The summed E-state index contributed by atoms with van der Waals surface area (Å²) >= 11 is 0. The summed E-state index contributed by atoms with van der Waals surface area (Å²) < 4.78 is 0. The Morgan fingerprint density at radius 1 is 1.24 bits per heavy atom. The van der Waals surface area contributed by atoms with Crippen LogP contribution in [0, 0.1) is 0 Å². The third-order valence-electron chi connectivity index (χ3n) is 2.40. The van der Waals surface area contributed by atoms with E-state index >= 15 is 0 Å². The molecule has 86 valence electrons. The number of nitrogens with two attached hydrogens (primary N) is 1. The number of rotatable bonds is 3. The molecule has 1 aromatic carbocycles. The molecule has 0 spiro atoms. The van der Waals surface area contributed by atoms with E-state index in [1.54, 1.807) is 12.3 Å². The van der Waals surface area contributed by atoms with Crippen molar-refractivity contribution in [2.75, 3.05) is 5.73 Å². The maximum atomic E-state index is 11.8. The van der Waals surface area contributed by atoms with Gasteiger partial charge in [-0.2, -0.15) is 0 Å². The van der Waals surface area contributed by atoms with Crippen LogP contribution >= 0.6 is 0 Å². The summed E-state index contributed by atoms with van der Waals surface area (Å²) in [5, 5.41) is 2.80. The van der Waals surface area contributed by atoms with Crippen molar-refractivity contribution >= 4 is 11.6 Å². The zero-order valence-corrected chi connectivity index (χ0v) is 9.26. The van der Waals surface area contributed by atoms with Crippen LogP contribution in [-0.2, 0) is 6.54 Å². The van der Waals surface area contributed by atoms with Crippen LogP contribution in [0.2, 0.25) is 0 Å². The fourth-order valence-corrected chi connectivity index (χ4v) is 1.47. The monoisotopic (exact) mass is 227 g/mol. The van der Waals surface area contributed by atoms with Crippen molar-refractivity contribution in [1.29, 1.82) is 0 Å². The molecule has 2 aromatic rings. The molecule has 0 atom stereocenters. The van der Waals surface area contributed by atoms with Crippen molar-refractivity contribution < 1.29 is 4.79 Å². The molecule has 0 saturated heterocycles. The molecule has 3 N–H and O–H groups in total. The van der Waals surface area contributed by atoms with Gasteiger partial charge in [-0.05, 0) is 11.6 Å². The zero-order valence-electron chi connectivity index (χ0n) is 9.26. The van der Waals surface area contributed by atoms with Gasteiger partial charge >= 0.3 is 0 Å². The molecule has 1 heterocycles. The molecule has 0 aliphatic rings. The molecule has 1 amide bonds. The lowest BCUT2D eigenvalue weighted by molar-refractivity contribution is 0.0951. The lowest BCUT2D eigenvalue weighted by Crippen LogP contribution is -2.23. The predicted molar refractivity (Wildman–Crippen MR) is 66.3 cm³/mol. The van der Waals surface area contributed by atoms with Gasteiger partial charge in [0.05, 0.1) is 5.56 Å². The van der Waals surface area contributed by atoms with E-state index in [0.717, 1.165) is 5.56 Å². The lowest BCUT2D eigenvalue weighted by atomic mass is 10.2. The second kappa shape index (κ2) is 5.12. The van der Waals surface area contributed by atoms with Crippen molar-refractivity contribution in [3.05, 3.63) is 59.9 Å². The highest BCUT2D eigenvalue weighted by atomic mass is 16.1. The summed E-state index contributed by atoms with van der Waals surface area (Å²) in [4.78, 5) is 15.7. The van der Waals surface area contributed by atoms with Crippen molar-refractivity contribution in [2.24, 2.45) is 0 Å². The summed E-state index contributed by atoms with van der Waals surface area (Å²) in [7, 11) is 0. The highest BCUT2D eigenvalue weighted by Gasteiger charge is 2.08. The highest BCUT2D eigenvalue weighted by Crippen LogP contribution is 2.08. The van der Waals surface area contributed by atoms with Gasteiger partial charge in [-0.1, -0.05) is 30.3 Å². The van der Waals surface area contributed by atoms with Gasteiger partial charge in [0.15, 0.2) is 0 Å². The molecule has 0 unspecified atom stereocenters. The number of nitrogen functional groups attached to an aromatic ring is 1. The molecule has 4 heteroatoms. The SMILES string of the molecule is Nc1ccncc1C(=O)NCc1ccccc1. The fraction of sp³-hybridized carbons (Fsp3) is 0.0769. The summed E-state index contributed by atoms with van der Waals surface area (Å²) in [5.41, 5.74) is 7.58. The Morgan fingerprint density at radius 3 is 2.71 bits per heavy atom. The Labute approximate surface area is 99.5 Å². The van der Waals surface area contributed by atoms with Crippen molar-refractivity contribution in [1.82, 2.24) is 10.3 Å². The van der Waals surface area contributed by atoms with Gasteiger partial charge in [0.1, 0.15) is 0 Å². The number of aromatic nitrogens is 1. The van der Waals surface area contributed by atoms with E-state index in [2.05, 4.69) is 10.3 Å². The normalized spacial score (nSPS) is 9.88. The van der Waals surface area contributed by atoms with Gasteiger partial charge in [0.2, 0.25) is 0 Å².